The van der Waals surface area contributed by atoms with Crippen LogP contribution >= 0.6 is 23.2 Å². The number of primary sulfonamides is 1. The van der Waals surface area contributed by atoms with Gasteiger partial charge in [-0.1, -0.05) is 29.3 Å². The number of furan rings is 1. The molecule has 0 unspecified atom stereocenters. The molecule has 114 valence electrons. The Hall–Kier alpha value is -1.05. The molecule has 8 heteroatoms. The van der Waals surface area contributed by atoms with Gasteiger partial charge in [0.25, 0.3) is 10.0 Å². The summed E-state index contributed by atoms with van der Waals surface area (Å²) in [6.45, 7) is 1.06. The Morgan fingerprint density at radius 3 is 2.57 bits per heavy atom. The van der Waals surface area contributed by atoms with E-state index in [0.717, 1.165) is 12.0 Å². The van der Waals surface area contributed by atoms with Crippen LogP contribution in [0.5, 0.6) is 0 Å². The zero-order valence-corrected chi connectivity index (χ0v) is 13.3. The minimum Gasteiger partial charge on any atom is -0.447 e. The summed E-state index contributed by atoms with van der Waals surface area (Å²) >= 11 is 11.9. The molecule has 1 aromatic heterocycles. The Morgan fingerprint density at radius 2 is 1.95 bits per heavy atom. The Morgan fingerprint density at radius 1 is 1.19 bits per heavy atom. The van der Waals surface area contributed by atoms with Crippen molar-refractivity contribution in [2.45, 2.75) is 18.1 Å². The molecule has 0 aliphatic rings. The van der Waals surface area contributed by atoms with E-state index >= 15 is 0 Å². The first kappa shape index (κ1) is 16.3. The molecule has 5 nitrogen and oxygen atoms in total. The van der Waals surface area contributed by atoms with E-state index < -0.39 is 10.0 Å². The maximum atomic E-state index is 11.1. The van der Waals surface area contributed by atoms with Crippen molar-refractivity contribution in [3.05, 3.63) is 51.7 Å². The standard InChI is InChI=1S/C13H14Cl2N2O3S/c14-10-2-1-9(12(15)7-10)5-6-17-8-11-3-4-13(20-11)21(16,18)19/h1-4,7,17H,5-6,8H2,(H2,16,18,19). The average Bonchev–Trinajstić information content (AvgIpc) is 2.85. The van der Waals surface area contributed by atoms with Crippen LogP contribution in [0.3, 0.4) is 0 Å². The molecule has 0 aliphatic heterocycles. The Labute approximate surface area is 133 Å². The summed E-state index contributed by atoms with van der Waals surface area (Å²) in [7, 11) is -3.79. The van der Waals surface area contributed by atoms with E-state index in [-0.39, 0.29) is 5.09 Å². The number of hydrogen-bond donors (Lipinski definition) is 2. The number of sulfonamides is 1. The summed E-state index contributed by atoms with van der Waals surface area (Å²) < 4.78 is 27.2. The van der Waals surface area contributed by atoms with Crippen LogP contribution in [-0.4, -0.2) is 15.0 Å². The van der Waals surface area contributed by atoms with Crippen molar-refractivity contribution in [2.75, 3.05) is 6.54 Å². The second kappa shape index (κ2) is 6.81. The Bertz CT molecular complexity index is 729. The van der Waals surface area contributed by atoms with Gasteiger partial charge in [-0.25, -0.2) is 13.6 Å². The number of hydrogen-bond acceptors (Lipinski definition) is 4. The molecule has 0 bridgehead atoms. The molecule has 0 fully saturated rings. The second-order valence-electron chi connectivity index (χ2n) is 4.43. The normalized spacial score (nSPS) is 11.8. The fraction of sp³-hybridized carbons (Fsp3) is 0.231. The van der Waals surface area contributed by atoms with Crippen molar-refractivity contribution in [3.63, 3.8) is 0 Å². The number of nitrogens with two attached hydrogens (primary N) is 1. The molecular weight excluding hydrogens is 335 g/mol. The average molecular weight is 349 g/mol. The van der Waals surface area contributed by atoms with E-state index in [1.54, 1.807) is 18.2 Å². The van der Waals surface area contributed by atoms with Crippen LogP contribution in [0.2, 0.25) is 10.0 Å². The van der Waals surface area contributed by atoms with E-state index in [1.165, 1.54) is 6.07 Å². The molecule has 0 saturated carbocycles. The van der Waals surface area contributed by atoms with Gasteiger partial charge in [0.15, 0.2) is 0 Å². The van der Waals surface area contributed by atoms with Crippen molar-refractivity contribution < 1.29 is 12.8 Å². The largest absolute Gasteiger partial charge is 0.447 e. The second-order valence-corrected chi connectivity index (χ2v) is 6.76. The molecule has 21 heavy (non-hydrogen) atoms. The highest BCUT2D eigenvalue weighted by Crippen LogP contribution is 2.21. The maximum absolute atomic E-state index is 11.1. The predicted molar refractivity (Wildman–Crippen MR) is 82.0 cm³/mol. The first-order chi connectivity index (χ1) is 9.86. The quantitative estimate of drug-likeness (QED) is 0.785. The van der Waals surface area contributed by atoms with Gasteiger partial charge in [-0.15, -0.1) is 0 Å². The Balaban J connectivity index is 1.83. The van der Waals surface area contributed by atoms with Gasteiger partial charge in [0.05, 0.1) is 6.54 Å². The molecule has 2 aromatic rings. The van der Waals surface area contributed by atoms with Gasteiger partial charge in [-0.05, 0) is 42.8 Å². The third-order valence-corrected chi connectivity index (χ3v) is 4.17. The minimum atomic E-state index is -3.79. The van der Waals surface area contributed by atoms with E-state index in [9.17, 15) is 8.42 Å². The van der Waals surface area contributed by atoms with E-state index in [1.807, 2.05) is 6.07 Å². The highest BCUT2D eigenvalue weighted by molar-refractivity contribution is 7.89. The Kier molecular flexibility index (Phi) is 5.29. The number of nitrogens with one attached hydrogen (secondary N) is 1. The lowest BCUT2D eigenvalue weighted by atomic mass is 10.1. The van der Waals surface area contributed by atoms with Gasteiger partial charge in [0.2, 0.25) is 5.09 Å². The van der Waals surface area contributed by atoms with Gasteiger partial charge < -0.3 is 9.73 Å². The van der Waals surface area contributed by atoms with Gasteiger partial charge >= 0.3 is 0 Å². The molecule has 1 aromatic carbocycles. The molecule has 0 aliphatic carbocycles. The lowest BCUT2D eigenvalue weighted by Gasteiger charge is -2.05. The van der Waals surface area contributed by atoms with Gasteiger partial charge in [0.1, 0.15) is 5.76 Å². The molecule has 0 amide bonds. The van der Waals surface area contributed by atoms with Crippen molar-refractivity contribution in [2.24, 2.45) is 5.14 Å². The van der Waals surface area contributed by atoms with Crippen LogP contribution in [0.1, 0.15) is 11.3 Å². The maximum Gasteiger partial charge on any atom is 0.271 e. The van der Waals surface area contributed by atoms with E-state index in [2.05, 4.69) is 5.32 Å². The fourth-order valence-electron chi connectivity index (χ4n) is 1.77. The highest BCUT2D eigenvalue weighted by atomic mass is 35.5. The van der Waals surface area contributed by atoms with Crippen LogP contribution < -0.4 is 10.5 Å². The van der Waals surface area contributed by atoms with Crippen molar-refractivity contribution >= 4 is 33.2 Å². The van der Waals surface area contributed by atoms with Crippen molar-refractivity contribution in [1.29, 1.82) is 0 Å². The molecule has 0 radical (unpaired) electrons. The lowest BCUT2D eigenvalue weighted by Crippen LogP contribution is -2.16. The summed E-state index contributed by atoms with van der Waals surface area (Å²) in [5.41, 5.74) is 0.984. The molecule has 1 heterocycles. The summed E-state index contributed by atoms with van der Waals surface area (Å²) in [4.78, 5) is 0. The summed E-state index contributed by atoms with van der Waals surface area (Å²) in [6, 6.07) is 8.26. The van der Waals surface area contributed by atoms with Crippen LogP contribution in [0.4, 0.5) is 0 Å². The molecule has 0 atom stereocenters. The van der Waals surface area contributed by atoms with Crippen LogP contribution in [0.15, 0.2) is 39.8 Å². The molecular formula is C13H14Cl2N2O3S. The monoisotopic (exact) mass is 348 g/mol. The zero-order chi connectivity index (χ0) is 15.5. The number of benzene rings is 1. The first-order valence-electron chi connectivity index (χ1n) is 6.12. The SMILES string of the molecule is NS(=O)(=O)c1ccc(CNCCc2ccc(Cl)cc2Cl)o1. The zero-order valence-electron chi connectivity index (χ0n) is 11.0. The number of rotatable bonds is 6. The fourth-order valence-corrected chi connectivity index (χ4v) is 2.75. The highest BCUT2D eigenvalue weighted by Gasteiger charge is 2.12. The van der Waals surface area contributed by atoms with Gasteiger partial charge in [0, 0.05) is 10.0 Å². The summed E-state index contributed by atoms with van der Waals surface area (Å²) in [5, 5.41) is 9.09. The first-order valence-corrected chi connectivity index (χ1v) is 8.42. The molecule has 0 saturated heterocycles. The smallest absolute Gasteiger partial charge is 0.271 e. The summed E-state index contributed by atoms with van der Waals surface area (Å²) in [5.74, 6) is 0.501. The third-order valence-electron chi connectivity index (χ3n) is 2.80. The predicted octanol–water partition coefficient (Wildman–Crippen LogP) is 2.57. The van der Waals surface area contributed by atoms with Gasteiger partial charge in [-0.2, -0.15) is 0 Å². The topological polar surface area (TPSA) is 85.3 Å². The molecule has 2 rings (SSSR count). The van der Waals surface area contributed by atoms with Gasteiger partial charge in [-0.3, -0.25) is 0 Å². The van der Waals surface area contributed by atoms with E-state index in [4.69, 9.17) is 32.8 Å². The van der Waals surface area contributed by atoms with E-state index in [0.29, 0.717) is 28.9 Å². The molecule has 3 N–H and O–H groups in total. The number of halogens is 2. The summed E-state index contributed by atoms with van der Waals surface area (Å²) in [6.07, 6.45) is 0.721. The van der Waals surface area contributed by atoms with Crippen molar-refractivity contribution in [3.8, 4) is 0 Å². The minimum absolute atomic E-state index is 0.236. The lowest BCUT2D eigenvalue weighted by molar-refractivity contribution is 0.403. The third kappa shape index (κ3) is 4.72. The van der Waals surface area contributed by atoms with Crippen molar-refractivity contribution in [1.82, 2.24) is 5.32 Å². The molecule has 0 spiro atoms. The van der Waals surface area contributed by atoms with Crippen LogP contribution in [-0.2, 0) is 23.0 Å². The van der Waals surface area contributed by atoms with Crippen LogP contribution in [0.25, 0.3) is 0 Å². The van der Waals surface area contributed by atoms with Crippen LogP contribution in [0, 0.1) is 0 Å².